The van der Waals surface area contributed by atoms with Crippen LogP contribution in [0, 0.1) is 13.8 Å². The van der Waals surface area contributed by atoms with E-state index < -0.39 is 0 Å². The number of benzene rings is 1. The van der Waals surface area contributed by atoms with Crippen LogP contribution in [0.25, 0.3) is 11.3 Å². The van der Waals surface area contributed by atoms with Crippen molar-refractivity contribution >= 4 is 6.29 Å². The maximum Gasteiger partial charge on any atom is 0.261 e. The van der Waals surface area contributed by atoms with Gasteiger partial charge in [-0.25, -0.2) is 0 Å². The van der Waals surface area contributed by atoms with E-state index in [2.05, 4.69) is 39.0 Å². The Bertz CT molecular complexity index is 729. The van der Waals surface area contributed by atoms with Crippen molar-refractivity contribution in [3.8, 4) is 11.3 Å². The summed E-state index contributed by atoms with van der Waals surface area (Å²) in [6.45, 7) is 6.89. The molecule has 0 aliphatic rings. The lowest BCUT2D eigenvalue weighted by atomic mass is 10.0. The van der Waals surface area contributed by atoms with Crippen LogP contribution >= 0.6 is 0 Å². The molecule has 1 heterocycles. The second-order valence-electron chi connectivity index (χ2n) is 5.77. The molecule has 0 saturated heterocycles. The number of aryl methyl sites for hydroxylation is 2. The molecule has 0 atom stereocenters. The Hall–Kier alpha value is -2.16. The maximum absolute atomic E-state index is 12.5. The fourth-order valence-corrected chi connectivity index (χ4v) is 2.76. The molecule has 0 bridgehead atoms. The topological polar surface area (TPSA) is 39.1 Å². The molecule has 3 heteroatoms. The van der Waals surface area contributed by atoms with Crippen LogP contribution in [-0.4, -0.2) is 10.9 Å². The van der Waals surface area contributed by atoms with Gasteiger partial charge in [-0.05, 0) is 38.0 Å². The molecule has 22 heavy (non-hydrogen) atoms. The van der Waals surface area contributed by atoms with Gasteiger partial charge in [0.15, 0.2) is 6.29 Å². The van der Waals surface area contributed by atoms with Crippen molar-refractivity contribution in [2.75, 3.05) is 0 Å². The van der Waals surface area contributed by atoms with Gasteiger partial charge in [-0.1, -0.05) is 43.5 Å². The lowest BCUT2D eigenvalue weighted by molar-refractivity contribution is 0.112. The fourth-order valence-electron chi connectivity index (χ4n) is 2.76. The molecule has 0 aliphatic carbocycles. The molecule has 0 N–H and O–H groups in total. The maximum atomic E-state index is 12.5. The van der Waals surface area contributed by atoms with Crippen LogP contribution in [0.5, 0.6) is 0 Å². The number of rotatable bonds is 6. The van der Waals surface area contributed by atoms with E-state index in [1.165, 1.54) is 5.56 Å². The minimum Gasteiger partial charge on any atom is -0.308 e. The molecule has 0 saturated carbocycles. The number of unbranched alkanes of at least 4 members (excludes halogenated alkanes) is 2. The molecule has 0 fully saturated rings. The Morgan fingerprint density at radius 3 is 2.50 bits per heavy atom. The second kappa shape index (κ2) is 7.21. The van der Waals surface area contributed by atoms with Gasteiger partial charge in [-0.2, -0.15) is 0 Å². The zero-order valence-corrected chi connectivity index (χ0v) is 13.6. The van der Waals surface area contributed by atoms with Crippen molar-refractivity contribution in [2.45, 2.75) is 46.6 Å². The van der Waals surface area contributed by atoms with Gasteiger partial charge in [-0.3, -0.25) is 9.59 Å². The average molecular weight is 297 g/mol. The monoisotopic (exact) mass is 297 g/mol. The number of pyridine rings is 1. The normalized spacial score (nSPS) is 10.7. The smallest absolute Gasteiger partial charge is 0.261 e. The van der Waals surface area contributed by atoms with Gasteiger partial charge in [0.05, 0.1) is 11.3 Å². The first-order valence-electron chi connectivity index (χ1n) is 7.85. The molecule has 0 unspecified atom stereocenters. The van der Waals surface area contributed by atoms with Gasteiger partial charge in [0.1, 0.15) is 0 Å². The van der Waals surface area contributed by atoms with Gasteiger partial charge in [0.25, 0.3) is 5.56 Å². The van der Waals surface area contributed by atoms with Crippen molar-refractivity contribution in [3.05, 3.63) is 57.4 Å². The molecule has 1 aromatic carbocycles. The summed E-state index contributed by atoms with van der Waals surface area (Å²) in [5, 5.41) is 0. The number of aldehydes is 1. The number of carbonyl (C=O) groups is 1. The van der Waals surface area contributed by atoms with Gasteiger partial charge in [0.2, 0.25) is 0 Å². The average Bonchev–Trinajstić information content (AvgIpc) is 2.49. The lowest BCUT2D eigenvalue weighted by Gasteiger charge is -2.15. The zero-order valence-electron chi connectivity index (χ0n) is 13.6. The molecule has 3 nitrogen and oxygen atoms in total. The van der Waals surface area contributed by atoms with Crippen LogP contribution in [-0.2, 0) is 6.54 Å². The highest BCUT2D eigenvalue weighted by molar-refractivity contribution is 5.75. The summed E-state index contributed by atoms with van der Waals surface area (Å²) in [7, 11) is 0. The van der Waals surface area contributed by atoms with Gasteiger partial charge in [-0.15, -0.1) is 0 Å². The van der Waals surface area contributed by atoms with E-state index in [9.17, 15) is 9.59 Å². The predicted octanol–water partition coefficient (Wildman–Crippen LogP) is 4.13. The summed E-state index contributed by atoms with van der Waals surface area (Å²) in [5.41, 5.74) is 4.32. The summed E-state index contributed by atoms with van der Waals surface area (Å²) in [5.74, 6) is 0. The van der Waals surface area contributed by atoms with Crippen LogP contribution in [0.2, 0.25) is 0 Å². The molecular weight excluding hydrogens is 274 g/mol. The van der Waals surface area contributed by atoms with Crippen LogP contribution in [0.4, 0.5) is 0 Å². The summed E-state index contributed by atoms with van der Waals surface area (Å²) < 4.78 is 1.75. The molecular formula is C19H23NO2. The van der Waals surface area contributed by atoms with Crippen LogP contribution in [0.3, 0.4) is 0 Å². The Balaban J connectivity index is 2.56. The highest BCUT2D eigenvalue weighted by atomic mass is 16.1. The first-order valence-corrected chi connectivity index (χ1v) is 7.85. The minimum atomic E-state index is -0.191. The van der Waals surface area contributed by atoms with Gasteiger partial charge < -0.3 is 4.57 Å². The van der Waals surface area contributed by atoms with E-state index >= 15 is 0 Å². The van der Waals surface area contributed by atoms with E-state index in [4.69, 9.17) is 0 Å². The van der Waals surface area contributed by atoms with Crippen molar-refractivity contribution in [3.63, 3.8) is 0 Å². The molecule has 116 valence electrons. The van der Waals surface area contributed by atoms with E-state index in [1.54, 1.807) is 10.6 Å². The molecule has 0 aliphatic heterocycles. The first-order chi connectivity index (χ1) is 10.6. The van der Waals surface area contributed by atoms with Crippen molar-refractivity contribution in [2.24, 2.45) is 0 Å². The molecule has 2 aromatic rings. The Labute approximate surface area is 131 Å². The number of aromatic nitrogens is 1. The molecule has 2 rings (SSSR count). The SMILES string of the molecule is CCCCCn1c(-c2ccc(C)cc2C)ccc(C=O)c1=O. The molecule has 1 aromatic heterocycles. The number of hydrogen-bond donors (Lipinski definition) is 0. The lowest BCUT2D eigenvalue weighted by Crippen LogP contribution is -2.25. The largest absolute Gasteiger partial charge is 0.308 e. The predicted molar refractivity (Wildman–Crippen MR) is 90.5 cm³/mol. The second-order valence-corrected chi connectivity index (χ2v) is 5.77. The van der Waals surface area contributed by atoms with Crippen molar-refractivity contribution in [1.29, 1.82) is 0 Å². The van der Waals surface area contributed by atoms with Crippen LogP contribution in [0.15, 0.2) is 35.1 Å². The Morgan fingerprint density at radius 1 is 1.09 bits per heavy atom. The number of nitrogens with zero attached hydrogens (tertiary/aromatic N) is 1. The number of carbonyl (C=O) groups excluding carboxylic acids is 1. The Morgan fingerprint density at radius 2 is 1.86 bits per heavy atom. The summed E-state index contributed by atoms with van der Waals surface area (Å²) in [4.78, 5) is 23.6. The minimum absolute atomic E-state index is 0.191. The van der Waals surface area contributed by atoms with E-state index in [0.29, 0.717) is 12.8 Å². The highest BCUT2D eigenvalue weighted by Gasteiger charge is 2.11. The van der Waals surface area contributed by atoms with Crippen LogP contribution < -0.4 is 5.56 Å². The van der Waals surface area contributed by atoms with E-state index in [1.807, 2.05) is 6.07 Å². The van der Waals surface area contributed by atoms with E-state index in [0.717, 1.165) is 36.1 Å². The first kappa shape index (κ1) is 16.2. The third-order valence-corrected chi connectivity index (χ3v) is 3.97. The Kier molecular flexibility index (Phi) is 5.31. The van der Waals surface area contributed by atoms with Gasteiger partial charge >= 0.3 is 0 Å². The van der Waals surface area contributed by atoms with Crippen LogP contribution in [0.1, 0.15) is 47.7 Å². The number of hydrogen-bond acceptors (Lipinski definition) is 2. The zero-order chi connectivity index (χ0) is 16.1. The molecule has 0 radical (unpaired) electrons. The summed E-state index contributed by atoms with van der Waals surface area (Å²) in [6.07, 6.45) is 3.76. The third-order valence-electron chi connectivity index (χ3n) is 3.97. The van der Waals surface area contributed by atoms with Gasteiger partial charge in [0, 0.05) is 12.1 Å². The standard InChI is InChI=1S/C19H23NO2/c1-4-5-6-11-20-18(10-8-16(13-21)19(20)22)17-9-7-14(2)12-15(17)3/h7-10,12-13H,4-6,11H2,1-3H3. The molecule has 0 spiro atoms. The van der Waals surface area contributed by atoms with Crippen molar-refractivity contribution < 1.29 is 4.79 Å². The van der Waals surface area contributed by atoms with E-state index in [-0.39, 0.29) is 11.1 Å². The third kappa shape index (κ3) is 3.35. The quantitative estimate of drug-likeness (QED) is 0.594. The van der Waals surface area contributed by atoms with Crippen molar-refractivity contribution in [1.82, 2.24) is 4.57 Å². The summed E-state index contributed by atoms with van der Waals surface area (Å²) in [6, 6.07) is 9.73. The summed E-state index contributed by atoms with van der Waals surface area (Å²) >= 11 is 0. The highest BCUT2D eigenvalue weighted by Crippen LogP contribution is 2.24. The fraction of sp³-hybridized carbons (Fsp3) is 0.368. The molecule has 0 amide bonds.